The van der Waals surface area contributed by atoms with Gasteiger partial charge in [-0.1, -0.05) is 31.5 Å². The van der Waals surface area contributed by atoms with Crippen LogP contribution >= 0.6 is 0 Å². The Labute approximate surface area is 222 Å². The Morgan fingerprint density at radius 3 is 2.11 bits per heavy atom. The average molecular weight is 517 g/mol. The van der Waals surface area contributed by atoms with Gasteiger partial charge in [-0.05, 0) is 85.5 Å². The van der Waals surface area contributed by atoms with Crippen LogP contribution in [0.15, 0.2) is 71.8 Å². The smallest absolute Gasteiger partial charge is 0.329 e. The lowest BCUT2D eigenvalue weighted by Gasteiger charge is -2.12. The van der Waals surface area contributed by atoms with Crippen LogP contribution in [0.25, 0.3) is 0 Å². The van der Waals surface area contributed by atoms with E-state index in [9.17, 15) is 14.4 Å². The number of aryl methyl sites for hydroxylation is 2. The summed E-state index contributed by atoms with van der Waals surface area (Å²) < 4.78 is 11.1. The van der Waals surface area contributed by atoms with Gasteiger partial charge in [0.25, 0.3) is 5.91 Å². The number of amides is 3. The van der Waals surface area contributed by atoms with E-state index in [0.717, 1.165) is 29.7 Å². The van der Waals surface area contributed by atoms with Gasteiger partial charge in [-0.15, -0.1) is 0 Å². The van der Waals surface area contributed by atoms with Crippen molar-refractivity contribution in [2.45, 2.75) is 33.6 Å². The molecule has 0 unspecified atom stereocenters. The summed E-state index contributed by atoms with van der Waals surface area (Å²) in [7, 11) is 0. The number of ether oxygens (including phenoxy) is 2. The summed E-state index contributed by atoms with van der Waals surface area (Å²) >= 11 is 0. The zero-order valence-corrected chi connectivity index (χ0v) is 21.7. The van der Waals surface area contributed by atoms with E-state index in [2.05, 4.69) is 28.1 Å². The van der Waals surface area contributed by atoms with E-state index in [1.54, 1.807) is 48.5 Å². The second-order valence-corrected chi connectivity index (χ2v) is 8.55. The third-order valence-corrected chi connectivity index (χ3v) is 5.46. The van der Waals surface area contributed by atoms with Crippen molar-refractivity contribution in [3.05, 3.63) is 83.4 Å². The second kappa shape index (κ2) is 14.2. The van der Waals surface area contributed by atoms with Gasteiger partial charge in [0.15, 0.2) is 6.61 Å². The highest BCUT2D eigenvalue weighted by Gasteiger charge is 2.13. The van der Waals surface area contributed by atoms with Crippen LogP contribution < -0.4 is 25.5 Å². The van der Waals surface area contributed by atoms with Gasteiger partial charge in [0, 0.05) is 11.4 Å². The van der Waals surface area contributed by atoms with Crippen LogP contribution in [-0.4, -0.2) is 37.1 Å². The normalized spacial score (nSPS) is 10.6. The number of para-hydroxylation sites is 1. The number of benzene rings is 3. The fourth-order valence-corrected chi connectivity index (χ4v) is 3.36. The molecule has 3 rings (SSSR count). The van der Waals surface area contributed by atoms with E-state index in [-0.39, 0.29) is 12.5 Å². The minimum Gasteiger partial charge on any atom is -0.494 e. The molecular formula is C29H32N4O5. The SMILES string of the molecule is CCCCOc1ccc(NC(=O)C(=O)N/N=C\c2ccc(OCC(=O)Nc3c(C)cccc3C)cc2)cc1. The number of unbranched alkanes of at least 4 members (excludes halogenated alkanes) is 1. The maximum absolute atomic E-state index is 12.3. The molecule has 0 aromatic heterocycles. The molecular weight excluding hydrogens is 484 g/mol. The molecule has 9 heteroatoms. The molecule has 0 aliphatic heterocycles. The Balaban J connectivity index is 1.41. The van der Waals surface area contributed by atoms with E-state index >= 15 is 0 Å². The fraction of sp³-hybridized carbons (Fsp3) is 0.241. The summed E-state index contributed by atoms with van der Waals surface area (Å²) in [6.07, 6.45) is 3.40. The molecule has 0 atom stereocenters. The summed E-state index contributed by atoms with van der Waals surface area (Å²) in [4.78, 5) is 36.4. The molecule has 0 heterocycles. The summed E-state index contributed by atoms with van der Waals surface area (Å²) in [5.41, 5.74) is 6.07. The van der Waals surface area contributed by atoms with Crippen LogP contribution in [0.1, 0.15) is 36.5 Å². The van der Waals surface area contributed by atoms with E-state index in [0.29, 0.717) is 29.4 Å². The van der Waals surface area contributed by atoms with Crippen molar-refractivity contribution in [2.24, 2.45) is 5.10 Å². The predicted octanol–water partition coefficient (Wildman–Crippen LogP) is 4.59. The summed E-state index contributed by atoms with van der Waals surface area (Å²) in [6, 6.07) is 19.3. The number of anilines is 2. The van der Waals surface area contributed by atoms with Crippen molar-refractivity contribution in [2.75, 3.05) is 23.8 Å². The molecule has 0 saturated carbocycles. The number of carbonyl (C=O) groups excluding carboxylic acids is 3. The summed E-state index contributed by atoms with van der Waals surface area (Å²) in [5.74, 6) is -0.805. The Hall–Kier alpha value is -4.66. The van der Waals surface area contributed by atoms with Gasteiger partial charge in [-0.2, -0.15) is 5.10 Å². The maximum atomic E-state index is 12.3. The van der Waals surface area contributed by atoms with Crippen molar-refractivity contribution in [3.8, 4) is 11.5 Å². The summed E-state index contributed by atoms with van der Waals surface area (Å²) in [5, 5.41) is 9.20. The Bertz CT molecular complexity index is 1250. The molecule has 0 bridgehead atoms. The molecule has 0 radical (unpaired) electrons. The van der Waals surface area contributed by atoms with Crippen molar-refractivity contribution < 1.29 is 23.9 Å². The largest absolute Gasteiger partial charge is 0.494 e. The highest BCUT2D eigenvalue weighted by molar-refractivity contribution is 6.39. The third kappa shape index (κ3) is 8.77. The van der Waals surface area contributed by atoms with E-state index in [1.165, 1.54) is 6.21 Å². The van der Waals surface area contributed by atoms with Gasteiger partial charge in [0.1, 0.15) is 11.5 Å². The molecule has 38 heavy (non-hydrogen) atoms. The molecule has 0 aliphatic rings. The van der Waals surface area contributed by atoms with Crippen molar-refractivity contribution in [1.82, 2.24) is 5.43 Å². The Kier molecular flexibility index (Phi) is 10.4. The molecule has 3 aromatic rings. The molecule has 3 aromatic carbocycles. The molecule has 3 amide bonds. The van der Waals surface area contributed by atoms with Crippen LogP contribution in [-0.2, 0) is 14.4 Å². The monoisotopic (exact) mass is 516 g/mol. The molecule has 0 fully saturated rings. The average Bonchev–Trinajstić information content (AvgIpc) is 2.91. The zero-order chi connectivity index (χ0) is 27.3. The Morgan fingerprint density at radius 2 is 1.45 bits per heavy atom. The van der Waals surface area contributed by atoms with Gasteiger partial charge in [0.05, 0.1) is 12.8 Å². The first-order chi connectivity index (χ1) is 18.4. The first-order valence-corrected chi connectivity index (χ1v) is 12.3. The van der Waals surface area contributed by atoms with Crippen molar-refractivity contribution >= 4 is 35.3 Å². The number of carbonyl (C=O) groups is 3. The molecule has 0 spiro atoms. The first-order valence-electron chi connectivity index (χ1n) is 12.3. The lowest BCUT2D eigenvalue weighted by atomic mass is 10.1. The lowest BCUT2D eigenvalue weighted by Crippen LogP contribution is -2.32. The molecule has 9 nitrogen and oxygen atoms in total. The van der Waals surface area contributed by atoms with Crippen LogP contribution in [0, 0.1) is 13.8 Å². The molecule has 0 aliphatic carbocycles. The number of hydrogen-bond donors (Lipinski definition) is 3. The molecule has 198 valence electrons. The lowest BCUT2D eigenvalue weighted by molar-refractivity contribution is -0.136. The van der Waals surface area contributed by atoms with E-state index in [4.69, 9.17) is 9.47 Å². The van der Waals surface area contributed by atoms with Gasteiger partial charge in [-0.3, -0.25) is 14.4 Å². The van der Waals surface area contributed by atoms with Crippen LogP contribution in [0.2, 0.25) is 0 Å². The number of rotatable bonds is 11. The highest BCUT2D eigenvalue weighted by Crippen LogP contribution is 2.19. The van der Waals surface area contributed by atoms with Gasteiger partial charge >= 0.3 is 11.8 Å². The van der Waals surface area contributed by atoms with Crippen molar-refractivity contribution in [3.63, 3.8) is 0 Å². The molecule has 0 saturated heterocycles. The quantitative estimate of drug-likeness (QED) is 0.149. The van der Waals surface area contributed by atoms with Crippen LogP contribution in [0.5, 0.6) is 11.5 Å². The zero-order valence-electron chi connectivity index (χ0n) is 21.7. The number of hydrogen-bond acceptors (Lipinski definition) is 6. The fourth-order valence-electron chi connectivity index (χ4n) is 3.36. The first kappa shape index (κ1) is 27.9. The minimum absolute atomic E-state index is 0.138. The van der Waals surface area contributed by atoms with Crippen molar-refractivity contribution in [1.29, 1.82) is 0 Å². The predicted molar refractivity (Wildman–Crippen MR) is 148 cm³/mol. The van der Waals surface area contributed by atoms with Crippen LogP contribution in [0.3, 0.4) is 0 Å². The minimum atomic E-state index is -0.903. The van der Waals surface area contributed by atoms with E-state index in [1.807, 2.05) is 32.0 Å². The standard InChI is InChI=1S/C29H32N4O5/c1-4-5-17-37-24-15-11-23(12-16-24)31-28(35)29(36)33-30-18-22-9-13-25(14-10-22)38-19-26(34)32-27-20(2)7-6-8-21(27)3/h6-16,18H,4-5,17,19H2,1-3H3,(H,31,35)(H,32,34)(H,33,36)/b30-18-. The topological polar surface area (TPSA) is 118 Å². The summed E-state index contributed by atoms with van der Waals surface area (Å²) in [6.45, 7) is 6.44. The maximum Gasteiger partial charge on any atom is 0.329 e. The number of nitrogens with one attached hydrogen (secondary N) is 3. The van der Waals surface area contributed by atoms with E-state index < -0.39 is 11.8 Å². The van der Waals surface area contributed by atoms with Gasteiger partial charge < -0.3 is 20.1 Å². The molecule has 3 N–H and O–H groups in total. The Morgan fingerprint density at radius 1 is 0.816 bits per heavy atom. The van der Waals surface area contributed by atoms with Gasteiger partial charge in [-0.25, -0.2) is 5.43 Å². The third-order valence-electron chi connectivity index (χ3n) is 5.46. The number of nitrogens with zero attached hydrogens (tertiary/aromatic N) is 1. The van der Waals surface area contributed by atoms with Gasteiger partial charge in [0.2, 0.25) is 0 Å². The second-order valence-electron chi connectivity index (χ2n) is 8.55. The number of hydrazone groups is 1. The highest BCUT2D eigenvalue weighted by atomic mass is 16.5. The van der Waals surface area contributed by atoms with Crippen LogP contribution in [0.4, 0.5) is 11.4 Å².